The highest BCUT2D eigenvalue weighted by Crippen LogP contribution is 2.33. The van der Waals surface area contributed by atoms with E-state index in [9.17, 15) is 4.79 Å². The van der Waals surface area contributed by atoms with Gasteiger partial charge in [0, 0.05) is 14.8 Å². The summed E-state index contributed by atoms with van der Waals surface area (Å²) in [6.07, 6.45) is 0. The number of anilines is 2. The topological polar surface area (TPSA) is 41.1 Å². The summed E-state index contributed by atoms with van der Waals surface area (Å²) in [4.78, 5) is 14.3. The maximum absolute atomic E-state index is 12.3. The van der Waals surface area contributed by atoms with Crippen molar-refractivity contribution in [3.05, 3.63) is 82.8 Å². The molecule has 0 heterocycles. The van der Waals surface area contributed by atoms with Gasteiger partial charge in [-0.2, -0.15) is 0 Å². The van der Waals surface area contributed by atoms with Crippen LogP contribution < -0.4 is 10.6 Å². The molecule has 26 heavy (non-hydrogen) atoms. The van der Waals surface area contributed by atoms with Gasteiger partial charge in [0.1, 0.15) is 0 Å². The number of nitrogens with one attached hydrogen (secondary N) is 2. The molecule has 3 rings (SSSR count). The molecule has 0 spiro atoms. The van der Waals surface area contributed by atoms with Crippen LogP contribution >= 0.6 is 35.0 Å². The van der Waals surface area contributed by atoms with E-state index in [1.807, 2.05) is 66.7 Å². The Hall–Kier alpha value is -2.14. The highest BCUT2D eigenvalue weighted by Gasteiger charge is 2.09. The Bertz CT molecular complexity index is 900. The lowest BCUT2D eigenvalue weighted by Crippen LogP contribution is -2.22. The first-order valence-electron chi connectivity index (χ1n) is 7.92. The lowest BCUT2D eigenvalue weighted by molar-refractivity contribution is -0.114. The number of hydrogen-bond acceptors (Lipinski definition) is 3. The third kappa shape index (κ3) is 5.18. The van der Waals surface area contributed by atoms with Gasteiger partial charge in [0.2, 0.25) is 5.91 Å². The number of benzene rings is 3. The molecule has 3 aromatic rings. The molecule has 1 amide bonds. The summed E-state index contributed by atoms with van der Waals surface area (Å²) < 4.78 is 0. The standard InChI is InChI=1S/C20H16Cl2N2OS/c21-14-9-11-15(12-10-14)26-19-8-4-3-7-18(19)24-20(25)13-23-17-6-2-1-5-16(17)22/h1-12,23H,13H2,(H,24,25). The number of para-hydroxylation sites is 2. The Labute approximate surface area is 166 Å². The van der Waals surface area contributed by atoms with Crippen molar-refractivity contribution in [2.45, 2.75) is 9.79 Å². The van der Waals surface area contributed by atoms with Gasteiger partial charge in [0.05, 0.1) is 22.9 Å². The van der Waals surface area contributed by atoms with Crippen LogP contribution in [0.3, 0.4) is 0 Å². The molecule has 0 aromatic heterocycles. The summed E-state index contributed by atoms with van der Waals surface area (Å²) in [5.74, 6) is -0.144. The van der Waals surface area contributed by atoms with Gasteiger partial charge in [-0.05, 0) is 48.5 Å². The SMILES string of the molecule is O=C(CNc1ccccc1Cl)Nc1ccccc1Sc1ccc(Cl)cc1. The smallest absolute Gasteiger partial charge is 0.243 e. The second-order valence-corrected chi connectivity index (χ2v) is 7.39. The molecule has 6 heteroatoms. The Kier molecular flexibility index (Phi) is 6.45. The van der Waals surface area contributed by atoms with E-state index in [1.54, 1.807) is 17.8 Å². The van der Waals surface area contributed by atoms with Gasteiger partial charge < -0.3 is 10.6 Å². The van der Waals surface area contributed by atoms with E-state index in [0.29, 0.717) is 10.0 Å². The minimum atomic E-state index is -0.144. The third-order valence-corrected chi connectivity index (χ3v) is 5.18. The first-order chi connectivity index (χ1) is 12.6. The van der Waals surface area contributed by atoms with Crippen molar-refractivity contribution in [2.75, 3.05) is 17.2 Å². The molecule has 0 aliphatic carbocycles. The van der Waals surface area contributed by atoms with Gasteiger partial charge in [-0.1, -0.05) is 59.2 Å². The van der Waals surface area contributed by atoms with Crippen LogP contribution in [0.5, 0.6) is 0 Å². The molecule has 0 unspecified atom stereocenters. The number of carbonyl (C=O) groups excluding carboxylic acids is 1. The summed E-state index contributed by atoms with van der Waals surface area (Å²) in [5.41, 5.74) is 1.49. The van der Waals surface area contributed by atoms with Crippen molar-refractivity contribution in [2.24, 2.45) is 0 Å². The quantitative estimate of drug-likeness (QED) is 0.515. The Morgan fingerprint density at radius 2 is 1.50 bits per heavy atom. The lowest BCUT2D eigenvalue weighted by atomic mass is 10.3. The van der Waals surface area contributed by atoms with Crippen molar-refractivity contribution in [1.82, 2.24) is 0 Å². The maximum atomic E-state index is 12.3. The van der Waals surface area contributed by atoms with Crippen molar-refractivity contribution in [3.8, 4) is 0 Å². The Morgan fingerprint density at radius 1 is 0.846 bits per heavy atom. The van der Waals surface area contributed by atoms with Crippen molar-refractivity contribution < 1.29 is 4.79 Å². The van der Waals surface area contributed by atoms with Crippen LogP contribution in [0.1, 0.15) is 0 Å². The van der Waals surface area contributed by atoms with E-state index in [-0.39, 0.29) is 12.5 Å². The van der Waals surface area contributed by atoms with Crippen LogP contribution in [0.15, 0.2) is 82.6 Å². The molecule has 2 N–H and O–H groups in total. The summed E-state index contributed by atoms with van der Waals surface area (Å²) in [7, 11) is 0. The number of amides is 1. The largest absolute Gasteiger partial charge is 0.375 e. The molecule has 0 bridgehead atoms. The molecule has 3 aromatic carbocycles. The molecule has 0 radical (unpaired) electrons. The van der Waals surface area contributed by atoms with Gasteiger partial charge in [0.25, 0.3) is 0 Å². The fraction of sp³-hybridized carbons (Fsp3) is 0.0500. The summed E-state index contributed by atoms with van der Waals surface area (Å²) in [5, 5.41) is 7.26. The fourth-order valence-electron chi connectivity index (χ4n) is 2.26. The number of rotatable bonds is 6. The second kappa shape index (κ2) is 8.99. The van der Waals surface area contributed by atoms with E-state index in [2.05, 4.69) is 10.6 Å². The lowest BCUT2D eigenvalue weighted by Gasteiger charge is -2.12. The molecule has 0 saturated carbocycles. The number of hydrogen-bond donors (Lipinski definition) is 2. The molecule has 0 aliphatic heterocycles. The second-order valence-electron chi connectivity index (χ2n) is 5.43. The molecular weight excluding hydrogens is 387 g/mol. The predicted molar refractivity (Wildman–Crippen MR) is 111 cm³/mol. The third-order valence-electron chi connectivity index (χ3n) is 3.52. The zero-order chi connectivity index (χ0) is 18.4. The van der Waals surface area contributed by atoms with Crippen LogP contribution in [0.4, 0.5) is 11.4 Å². The van der Waals surface area contributed by atoms with Gasteiger partial charge >= 0.3 is 0 Å². The minimum absolute atomic E-state index is 0.129. The van der Waals surface area contributed by atoms with Gasteiger partial charge in [-0.15, -0.1) is 0 Å². The first-order valence-corrected chi connectivity index (χ1v) is 9.50. The summed E-state index contributed by atoms with van der Waals surface area (Å²) in [6, 6.07) is 22.6. The zero-order valence-corrected chi connectivity index (χ0v) is 16.0. The Morgan fingerprint density at radius 3 is 2.23 bits per heavy atom. The van der Waals surface area contributed by atoms with E-state index in [4.69, 9.17) is 23.2 Å². The predicted octanol–water partition coefficient (Wildman–Crippen LogP) is 6.20. The normalized spacial score (nSPS) is 10.4. The average molecular weight is 403 g/mol. The van der Waals surface area contributed by atoms with Crippen molar-refractivity contribution in [1.29, 1.82) is 0 Å². The summed E-state index contributed by atoms with van der Waals surface area (Å²) in [6.45, 7) is 0.129. The highest BCUT2D eigenvalue weighted by atomic mass is 35.5. The van der Waals surface area contributed by atoms with E-state index in [1.165, 1.54) is 0 Å². The first kappa shape index (κ1) is 18.6. The maximum Gasteiger partial charge on any atom is 0.243 e. The van der Waals surface area contributed by atoms with Crippen LogP contribution in [-0.2, 0) is 4.79 Å². The van der Waals surface area contributed by atoms with Gasteiger partial charge in [0.15, 0.2) is 0 Å². The molecule has 0 fully saturated rings. The molecule has 132 valence electrons. The zero-order valence-electron chi connectivity index (χ0n) is 13.7. The van der Waals surface area contributed by atoms with E-state index in [0.717, 1.165) is 21.2 Å². The monoisotopic (exact) mass is 402 g/mol. The van der Waals surface area contributed by atoms with Crippen LogP contribution in [0, 0.1) is 0 Å². The van der Waals surface area contributed by atoms with Crippen LogP contribution in [-0.4, -0.2) is 12.5 Å². The molecular formula is C20H16Cl2N2OS. The van der Waals surface area contributed by atoms with Crippen molar-refractivity contribution in [3.63, 3.8) is 0 Å². The Balaban J connectivity index is 1.65. The minimum Gasteiger partial charge on any atom is -0.375 e. The molecule has 0 aliphatic rings. The summed E-state index contributed by atoms with van der Waals surface area (Å²) >= 11 is 13.6. The van der Waals surface area contributed by atoms with E-state index < -0.39 is 0 Å². The van der Waals surface area contributed by atoms with Gasteiger partial charge in [-0.25, -0.2) is 0 Å². The highest BCUT2D eigenvalue weighted by molar-refractivity contribution is 7.99. The molecule has 3 nitrogen and oxygen atoms in total. The average Bonchev–Trinajstić information content (AvgIpc) is 2.64. The van der Waals surface area contributed by atoms with Crippen molar-refractivity contribution >= 4 is 52.2 Å². The molecule has 0 saturated heterocycles. The van der Waals surface area contributed by atoms with Gasteiger partial charge in [-0.3, -0.25) is 4.79 Å². The number of halogens is 2. The van der Waals surface area contributed by atoms with Crippen LogP contribution in [0.25, 0.3) is 0 Å². The number of carbonyl (C=O) groups is 1. The molecule has 0 atom stereocenters. The fourth-order valence-corrected chi connectivity index (χ4v) is 3.49. The van der Waals surface area contributed by atoms with E-state index >= 15 is 0 Å². The van der Waals surface area contributed by atoms with Crippen LogP contribution in [0.2, 0.25) is 10.0 Å².